The number of nitrogens with zero attached hydrogens (tertiary/aromatic N) is 2. The van der Waals surface area contributed by atoms with E-state index in [0.717, 1.165) is 11.8 Å². The van der Waals surface area contributed by atoms with Crippen molar-refractivity contribution in [1.29, 1.82) is 0 Å². The standard InChI is InChI=1S/C14H18N2O5S/c1-9-6-11(7-10(2)14(9)21-22(3,19)20)12-4-5-15-8-13(12)16(17)18/h4-6,8-10,14H,7H2,1-3H3/t9-,10+,14-/m1/s1. The van der Waals surface area contributed by atoms with Crippen molar-refractivity contribution in [3.05, 3.63) is 40.2 Å². The fraction of sp³-hybridized carbons (Fsp3) is 0.500. The normalized spacial score (nSPS) is 25.6. The van der Waals surface area contributed by atoms with Gasteiger partial charge in [0.2, 0.25) is 0 Å². The van der Waals surface area contributed by atoms with Gasteiger partial charge in [0.05, 0.1) is 22.8 Å². The molecule has 1 aliphatic rings. The Balaban J connectivity index is 2.36. The maximum Gasteiger partial charge on any atom is 0.294 e. The fourth-order valence-corrected chi connectivity index (χ4v) is 3.62. The molecule has 1 aliphatic carbocycles. The van der Waals surface area contributed by atoms with Gasteiger partial charge in [0, 0.05) is 12.1 Å². The van der Waals surface area contributed by atoms with Crippen LogP contribution in [0.25, 0.3) is 5.57 Å². The molecule has 0 radical (unpaired) electrons. The molecule has 120 valence electrons. The fourth-order valence-electron chi connectivity index (χ4n) is 2.85. The topological polar surface area (TPSA) is 99.4 Å². The molecule has 0 N–H and O–H groups in total. The zero-order chi connectivity index (χ0) is 16.5. The minimum absolute atomic E-state index is 0.0457. The summed E-state index contributed by atoms with van der Waals surface area (Å²) in [5.41, 5.74) is 1.30. The second kappa shape index (κ2) is 6.13. The number of pyridine rings is 1. The molecule has 3 atom stereocenters. The third-order valence-corrected chi connectivity index (χ3v) is 4.29. The zero-order valence-electron chi connectivity index (χ0n) is 12.6. The summed E-state index contributed by atoms with van der Waals surface area (Å²) >= 11 is 0. The molecule has 7 nitrogen and oxygen atoms in total. The zero-order valence-corrected chi connectivity index (χ0v) is 13.4. The lowest BCUT2D eigenvalue weighted by Crippen LogP contribution is -2.33. The first-order chi connectivity index (χ1) is 10.2. The Morgan fingerprint density at radius 1 is 1.41 bits per heavy atom. The van der Waals surface area contributed by atoms with E-state index >= 15 is 0 Å². The van der Waals surface area contributed by atoms with Crippen molar-refractivity contribution in [2.75, 3.05) is 6.26 Å². The van der Waals surface area contributed by atoms with Gasteiger partial charge in [-0.05, 0) is 24.0 Å². The van der Waals surface area contributed by atoms with E-state index in [1.54, 1.807) is 6.07 Å². The average Bonchev–Trinajstić information content (AvgIpc) is 2.41. The molecule has 0 unspecified atom stereocenters. The summed E-state index contributed by atoms with van der Waals surface area (Å²) in [7, 11) is -3.54. The molecule has 0 bridgehead atoms. The smallest absolute Gasteiger partial charge is 0.266 e. The summed E-state index contributed by atoms with van der Waals surface area (Å²) < 4.78 is 27.8. The van der Waals surface area contributed by atoms with Crippen molar-refractivity contribution < 1.29 is 17.5 Å². The van der Waals surface area contributed by atoms with Gasteiger partial charge in [0.25, 0.3) is 15.8 Å². The molecule has 1 aromatic rings. The van der Waals surface area contributed by atoms with Crippen molar-refractivity contribution in [1.82, 2.24) is 4.98 Å². The van der Waals surface area contributed by atoms with Gasteiger partial charge in [0.1, 0.15) is 6.20 Å². The van der Waals surface area contributed by atoms with Crippen molar-refractivity contribution in [2.45, 2.75) is 26.4 Å². The van der Waals surface area contributed by atoms with E-state index in [-0.39, 0.29) is 17.5 Å². The van der Waals surface area contributed by atoms with Crippen LogP contribution < -0.4 is 0 Å². The van der Waals surface area contributed by atoms with Gasteiger partial charge < -0.3 is 0 Å². The highest BCUT2D eigenvalue weighted by atomic mass is 32.2. The molecule has 0 spiro atoms. The van der Waals surface area contributed by atoms with Gasteiger partial charge in [-0.2, -0.15) is 8.42 Å². The van der Waals surface area contributed by atoms with Crippen LogP contribution in [0.15, 0.2) is 24.5 Å². The van der Waals surface area contributed by atoms with E-state index in [9.17, 15) is 18.5 Å². The second-order valence-electron chi connectivity index (χ2n) is 5.65. The minimum Gasteiger partial charge on any atom is -0.266 e. The molecule has 1 heterocycles. The molecule has 2 rings (SSSR count). The van der Waals surface area contributed by atoms with Crippen LogP contribution in [0.5, 0.6) is 0 Å². The second-order valence-corrected chi connectivity index (χ2v) is 7.25. The molecule has 1 aromatic heterocycles. The first kappa shape index (κ1) is 16.6. The molecule has 8 heteroatoms. The Hall–Kier alpha value is -1.80. The Morgan fingerprint density at radius 2 is 2.09 bits per heavy atom. The molecular formula is C14H18N2O5S. The summed E-state index contributed by atoms with van der Waals surface area (Å²) in [6.07, 6.45) is 5.66. The SMILES string of the molecule is C[C@@H]1C=C(c2ccncc2[N+](=O)[O-])C[C@H](C)[C@@H]1OS(C)(=O)=O. The van der Waals surface area contributed by atoms with Gasteiger partial charge in [0.15, 0.2) is 0 Å². The predicted octanol–water partition coefficient (Wildman–Crippen LogP) is 2.39. The van der Waals surface area contributed by atoms with Crippen LogP contribution in [-0.4, -0.2) is 30.7 Å². The van der Waals surface area contributed by atoms with Crippen LogP contribution in [0.4, 0.5) is 5.69 Å². The Bertz CT molecular complexity index is 714. The van der Waals surface area contributed by atoms with Crippen molar-refractivity contribution in [2.24, 2.45) is 11.8 Å². The van der Waals surface area contributed by atoms with E-state index in [1.165, 1.54) is 12.4 Å². The van der Waals surface area contributed by atoms with E-state index in [4.69, 9.17) is 4.18 Å². The molecule has 0 saturated carbocycles. The highest BCUT2D eigenvalue weighted by Gasteiger charge is 2.33. The predicted molar refractivity (Wildman–Crippen MR) is 81.5 cm³/mol. The lowest BCUT2D eigenvalue weighted by Gasteiger charge is -2.32. The molecule has 22 heavy (non-hydrogen) atoms. The molecule has 0 aromatic carbocycles. The van der Waals surface area contributed by atoms with Crippen LogP contribution in [0.3, 0.4) is 0 Å². The van der Waals surface area contributed by atoms with Gasteiger partial charge >= 0.3 is 0 Å². The van der Waals surface area contributed by atoms with Crippen molar-refractivity contribution >= 4 is 21.4 Å². The van der Waals surface area contributed by atoms with Crippen LogP contribution in [-0.2, 0) is 14.3 Å². The van der Waals surface area contributed by atoms with Crippen LogP contribution in [0.2, 0.25) is 0 Å². The Labute approximate surface area is 129 Å². The van der Waals surface area contributed by atoms with E-state index < -0.39 is 21.1 Å². The highest BCUT2D eigenvalue weighted by Crippen LogP contribution is 2.38. The number of hydrogen-bond acceptors (Lipinski definition) is 6. The average molecular weight is 326 g/mol. The monoisotopic (exact) mass is 326 g/mol. The van der Waals surface area contributed by atoms with E-state index in [2.05, 4.69) is 4.98 Å². The molecule has 0 amide bonds. The van der Waals surface area contributed by atoms with Gasteiger partial charge in [-0.3, -0.25) is 19.3 Å². The summed E-state index contributed by atoms with van der Waals surface area (Å²) in [6, 6.07) is 1.61. The summed E-state index contributed by atoms with van der Waals surface area (Å²) in [5, 5.41) is 11.1. The third-order valence-electron chi connectivity index (χ3n) is 3.71. The first-order valence-corrected chi connectivity index (χ1v) is 8.68. The Kier molecular flexibility index (Phi) is 4.62. The van der Waals surface area contributed by atoms with Gasteiger partial charge in [-0.15, -0.1) is 0 Å². The summed E-state index contributed by atoms with van der Waals surface area (Å²) in [5.74, 6) is -0.237. The van der Waals surface area contributed by atoms with Crippen LogP contribution in [0, 0.1) is 22.0 Å². The lowest BCUT2D eigenvalue weighted by atomic mass is 9.79. The maximum atomic E-state index is 11.3. The molecule has 0 saturated heterocycles. The minimum atomic E-state index is -3.54. The number of rotatable bonds is 4. The third kappa shape index (κ3) is 3.69. The molecule has 0 fully saturated rings. The number of aromatic nitrogens is 1. The number of hydrogen-bond donors (Lipinski definition) is 0. The number of nitro groups is 1. The number of allylic oxidation sites excluding steroid dienone is 1. The molecule has 0 aliphatic heterocycles. The first-order valence-electron chi connectivity index (χ1n) is 6.86. The van der Waals surface area contributed by atoms with Crippen molar-refractivity contribution in [3.63, 3.8) is 0 Å². The summed E-state index contributed by atoms with van der Waals surface area (Å²) in [4.78, 5) is 14.4. The van der Waals surface area contributed by atoms with E-state index in [1.807, 2.05) is 19.9 Å². The summed E-state index contributed by atoms with van der Waals surface area (Å²) in [6.45, 7) is 3.73. The van der Waals surface area contributed by atoms with Gasteiger partial charge in [-0.1, -0.05) is 19.9 Å². The Morgan fingerprint density at radius 3 is 2.64 bits per heavy atom. The van der Waals surface area contributed by atoms with Crippen molar-refractivity contribution in [3.8, 4) is 0 Å². The quantitative estimate of drug-likeness (QED) is 0.478. The maximum absolute atomic E-state index is 11.3. The largest absolute Gasteiger partial charge is 0.294 e. The van der Waals surface area contributed by atoms with Crippen LogP contribution >= 0.6 is 0 Å². The van der Waals surface area contributed by atoms with Gasteiger partial charge in [-0.25, -0.2) is 0 Å². The van der Waals surface area contributed by atoms with E-state index in [0.29, 0.717) is 12.0 Å². The highest BCUT2D eigenvalue weighted by molar-refractivity contribution is 7.86. The lowest BCUT2D eigenvalue weighted by molar-refractivity contribution is -0.385. The van der Waals surface area contributed by atoms with Crippen LogP contribution in [0.1, 0.15) is 25.8 Å². The molecular weight excluding hydrogens is 308 g/mol.